The molecule has 9 heteroatoms. The molecule has 0 aromatic heterocycles. The summed E-state index contributed by atoms with van der Waals surface area (Å²) in [4.78, 5) is 23.2. The third-order valence-electron chi connectivity index (χ3n) is 2.73. The number of hydrazine groups is 1. The van der Waals surface area contributed by atoms with Gasteiger partial charge >= 0.3 is 12.4 Å². The highest BCUT2D eigenvalue weighted by Crippen LogP contribution is 2.28. The monoisotopic (exact) mass is 303 g/mol. The number of urea groups is 1. The summed E-state index contributed by atoms with van der Waals surface area (Å²) in [5.41, 5.74) is 6.95. The topological polar surface area (TPSA) is 84.7 Å². The number of amides is 3. The number of ether oxygens (including phenoxy) is 1. The molecule has 3 N–H and O–H groups in total. The lowest BCUT2D eigenvalue weighted by molar-refractivity contribution is -0.274. The Morgan fingerprint density at radius 3 is 2.43 bits per heavy atom. The van der Waals surface area contributed by atoms with Gasteiger partial charge in [-0.1, -0.05) is 12.1 Å². The van der Waals surface area contributed by atoms with Gasteiger partial charge in [0.1, 0.15) is 5.75 Å². The number of carbonyl (C=O) groups is 2. The van der Waals surface area contributed by atoms with Gasteiger partial charge in [0.05, 0.1) is 11.6 Å². The average molecular weight is 303 g/mol. The minimum Gasteiger partial charge on any atom is -0.405 e. The Morgan fingerprint density at radius 1 is 1.29 bits per heavy atom. The van der Waals surface area contributed by atoms with Gasteiger partial charge in [0, 0.05) is 0 Å². The number of nitrogens with zero attached hydrogens (tertiary/aromatic N) is 1. The molecule has 2 rings (SSSR count). The van der Waals surface area contributed by atoms with Crippen LogP contribution < -0.4 is 15.9 Å². The second-order valence-corrected chi connectivity index (χ2v) is 4.42. The van der Waals surface area contributed by atoms with Gasteiger partial charge in [-0.25, -0.2) is 9.80 Å². The van der Waals surface area contributed by atoms with Crippen LogP contribution in [0.2, 0.25) is 0 Å². The molecule has 1 aromatic rings. The molecule has 0 atom stereocenters. The summed E-state index contributed by atoms with van der Waals surface area (Å²) in [5.74, 6) is -1.55. The van der Waals surface area contributed by atoms with Crippen molar-refractivity contribution >= 4 is 11.9 Å². The highest BCUT2D eigenvalue weighted by atomic mass is 19.4. The molecule has 3 amide bonds. The maximum absolute atomic E-state index is 12.3. The van der Waals surface area contributed by atoms with E-state index in [0.29, 0.717) is 12.8 Å². The number of alkyl halides is 3. The molecule has 0 saturated heterocycles. The SMILES string of the molecule is NC(=O)N(NC(=O)c1ccccc1OC(F)(F)F)C1CC1. The predicted octanol–water partition coefficient (Wildman–Crippen LogP) is 1.77. The number of hydrogen-bond acceptors (Lipinski definition) is 3. The van der Waals surface area contributed by atoms with Crippen molar-refractivity contribution in [2.75, 3.05) is 0 Å². The van der Waals surface area contributed by atoms with Gasteiger partial charge < -0.3 is 10.5 Å². The third-order valence-corrected chi connectivity index (χ3v) is 2.73. The van der Waals surface area contributed by atoms with Crippen LogP contribution in [0.25, 0.3) is 0 Å². The molecular formula is C12H12F3N3O3. The molecule has 0 spiro atoms. The van der Waals surface area contributed by atoms with Crippen molar-refractivity contribution in [3.05, 3.63) is 29.8 Å². The van der Waals surface area contributed by atoms with Gasteiger partial charge in [0.2, 0.25) is 0 Å². The van der Waals surface area contributed by atoms with Crippen LogP contribution in [-0.2, 0) is 0 Å². The first kappa shape index (κ1) is 14.9. The number of primary amides is 1. The van der Waals surface area contributed by atoms with Crippen molar-refractivity contribution in [1.82, 2.24) is 10.4 Å². The molecule has 114 valence electrons. The van der Waals surface area contributed by atoms with Crippen LogP contribution in [0.3, 0.4) is 0 Å². The second-order valence-electron chi connectivity index (χ2n) is 4.42. The summed E-state index contributed by atoms with van der Waals surface area (Å²) >= 11 is 0. The van der Waals surface area contributed by atoms with Crippen LogP contribution in [0.4, 0.5) is 18.0 Å². The molecule has 0 aliphatic heterocycles. The fraction of sp³-hybridized carbons (Fsp3) is 0.333. The quantitative estimate of drug-likeness (QED) is 0.835. The van der Waals surface area contributed by atoms with E-state index in [2.05, 4.69) is 10.2 Å². The van der Waals surface area contributed by atoms with E-state index in [1.807, 2.05) is 0 Å². The molecule has 1 saturated carbocycles. The Kier molecular flexibility index (Phi) is 3.92. The van der Waals surface area contributed by atoms with E-state index in [0.717, 1.165) is 17.1 Å². The Labute approximate surface area is 117 Å². The van der Waals surface area contributed by atoms with Crippen molar-refractivity contribution in [2.24, 2.45) is 5.73 Å². The van der Waals surface area contributed by atoms with Gasteiger partial charge in [-0.05, 0) is 25.0 Å². The molecule has 0 radical (unpaired) electrons. The highest BCUT2D eigenvalue weighted by Gasteiger charge is 2.35. The first-order valence-corrected chi connectivity index (χ1v) is 6.02. The summed E-state index contributed by atoms with van der Waals surface area (Å²) in [7, 11) is 0. The van der Waals surface area contributed by atoms with Crippen LogP contribution >= 0.6 is 0 Å². The van der Waals surface area contributed by atoms with Crippen molar-refractivity contribution in [1.29, 1.82) is 0 Å². The van der Waals surface area contributed by atoms with E-state index in [1.54, 1.807) is 0 Å². The van der Waals surface area contributed by atoms with E-state index < -0.39 is 24.1 Å². The Hall–Kier alpha value is -2.45. The van der Waals surface area contributed by atoms with E-state index in [9.17, 15) is 22.8 Å². The number of hydrogen-bond donors (Lipinski definition) is 2. The minimum absolute atomic E-state index is 0.220. The Bertz CT molecular complexity index is 558. The molecule has 0 bridgehead atoms. The van der Waals surface area contributed by atoms with Crippen molar-refractivity contribution < 1.29 is 27.5 Å². The molecule has 1 aromatic carbocycles. The van der Waals surface area contributed by atoms with Crippen LogP contribution in [-0.4, -0.2) is 29.4 Å². The zero-order valence-electron chi connectivity index (χ0n) is 10.7. The molecule has 1 fully saturated rings. The van der Waals surface area contributed by atoms with Crippen molar-refractivity contribution in [3.8, 4) is 5.75 Å². The zero-order valence-corrected chi connectivity index (χ0v) is 10.7. The first-order chi connectivity index (χ1) is 9.78. The number of nitrogens with one attached hydrogen (secondary N) is 1. The smallest absolute Gasteiger partial charge is 0.405 e. The van der Waals surface area contributed by atoms with Crippen LogP contribution in [0, 0.1) is 0 Å². The van der Waals surface area contributed by atoms with Crippen molar-refractivity contribution in [2.45, 2.75) is 25.2 Å². The van der Waals surface area contributed by atoms with E-state index in [1.165, 1.54) is 12.1 Å². The Balaban J connectivity index is 2.17. The van der Waals surface area contributed by atoms with Gasteiger partial charge in [-0.15, -0.1) is 13.2 Å². The largest absolute Gasteiger partial charge is 0.573 e. The fourth-order valence-electron chi connectivity index (χ4n) is 1.70. The third kappa shape index (κ3) is 4.01. The molecule has 0 unspecified atom stereocenters. The number of benzene rings is 1. The molecule has 21 heavy (non-hydrogen) atoms. The lowest BCUT2D eigenvalue weighted by Crippen LogP contribution is -2.50. The maximum atomic E-state index is 12.3. The lowest BCUT2D eigenvalue weighted by atomic mass is 10.2. The van der Waals surface area contributed by atoms with Gasteiger partial charge in [-0.2, -0.15) is 0 Å². The van der Waals surface area contributed by atoms with Crippen molar-refractivity contribution in [3.63, 3.8) is 0 Å². The number of nitrogens with two attached hydrogens (primary N) is 1. The number of rotatable bonds is 3. The summed E-state index contributed by atoms with van der Waals surface area (Å²) in [6.45, 7) is 0. The van der Waals surface area contributed by atoms with Gasteiger partial charge in [0.25, 0.3) is 5.91 Å². The number of para-hydroxylation sites is 1. The van der Waals surface area contributed by atoms with Crippen LogP contribution in [0.5, 0.6) is 5.75 Å². The van der Waals surface area contributed by atoms with E-state index in [-0.39, 0.29) is 11.6 Å². The van der Waals surface area contributed by atoms with Crippen LogP contribution in [0.1, 0.15) is 23.2 Å². The van der Waals surface area contributed by atoms with Gasteiger partial charge in [-0.3, -0.25) is 10.2 Å². The summed E-state index contributed by atoms with van der Waals surface area (Å²) in [6, 6.07) is 3.74. The summed E-state index contributed by atoms with van der Waals surface area (Å²) in [6.07, 6.45) is -3.58. The number of carbonyl (C=O) groups excluding carboxylic acids is 2. The maximum Gasteiger partial charge on any atom is 0.573 e. The minimum atomic E-state index is -4.92. The predicted molar refractivity (Wildman–Crippen MR) is 65.0 cm³/mol. The molecule has 1 aliphatic carbocycles. The Morgan fingerprint density at radius 2 is 1.90 bits per heavy atom. The number of halogens is 3. The molecule has 1 aliphatic rings. The van der Waals surface area contributed by atoms with E-state index in [4.69, 9.17) is 5.73 Å². The molecular weight excluding hydrogens is 291 g/mol. The first-order valence-electron chi connectivity index (χ1n) is 6.02. The van der Waals surface area contributed by atoms with Crippen LogP contribution in [0.15, 0.2) is 24.3 Å². The highest BCUT2D eigenvalue weighted by molar-refractivity contribution is 5.97. The average Bonchev–Trinajstić information content (AvgIpc) is 3.18. The second kappa shape index (κ2) is 5.51. The van der Waals surface area contributed by atoms with Gasteiger partial charge in [0.15, 0.2) is 0 Å². The standard InChI is InChI=1S/C12H12F3N3O3/c13-12(14,15)21-9-4-2-1-3-8(9)10(19)17-18(11(16)20)7-5-6-7/h1-4,7H,5-6H2,(H2,16,20)(H,17,19). The van der Waals surface area contributed by atoms with E-state index >= 15 is 0 Å². The summed E-state index contributed by atoms with van der Waals surface area (Å²) in [5, 5.41) is 0.909. The lowest BCUT2D eigenvalue weighted by Gasteiger charge is -2.21. The normalized spacial score (nSPS) is 14.4. The zero-order chi connectivity index (χ0) is 15.6. The fourth-order valence-corrected chi connectivity index (χ4v) is 1.70. The molecule has 6 nitrogen and oxygen atoms in total. The molecule has 0 heterocycles. The summed E-state index contributed by atoms with van der Waals surface area (Å²) < 4.78 is 40.6.